The highest BCUT2D eigenvalue weighted by molar-refractivity contribution is 7.89. The summed E-state index contributed by atoms with van der Waals surface area (Å²) in [4.78, 5) is 14.0. The molecule has 0 bridgehead atoms. The van der Waals surface area contributed by atoms with E-state index in [1.165, 1.54) is 17.5 Å². The van der Waals surface area contributed by atoms with Crippen LogP contribution in [0.25, 0.3) is 0 Å². The fraction of sp³-hybridized carbons (Fsp3) is 0.381. The van der Waals surface area contributed by atoms with Gasteiger partial charge in [-0.15, -0.1) is 0 Å². The van der Waals surface area contributed by atoms with Crippen LogP contribution in [0.4, 0.5) is 18.9 Å². The first kappa shape index (κ1) is 23.9. The van der Waals surface area contributed by atoms with Crippen molar-refractivity contribution in [3.05, 3.63) is 59.7 Å². The molecule has 1 aliphatic rings. The van der Waals surface area contributed by atoms with Gasteiger partial charge in [-0.3, -0.25) is 4.79 Å². The standard InChI is InChI=1S/C21H24F3N3O4S/c1-31-19-8-3-2-7-18(19)20(28)25-9-14-32(29,30)27-12-10-26(11-13-27)17-6-4-5-16(15-17)21(22,23)24/h2-8,15H,9-14H2,1H3,(H,25,28). The lowest BCUT2D eigenvalue weighted by Gasteiger charge is -2.35. The lowest BCUT2D eigenvalue weighted by atomic mass is 10.1. The van der Waals surface area contributed by atoms with Gasteiger partial charge in [-0.05, 0) is 30.3 Å². The zero-order valence-corrected chi connectivity index (χ0v) is 18.2. The Hall–Kier alpha value is -2.79. The number of nitrogens with one attached hydrogen (secondary N) is 1. The molecule has 2 aromatic rings. The highest BCUT2D eigenvalue weighted by Crippen LogP contribution is 2.32. The maximum absolute atomic E-state index is 12.9. The van der Waals surface area contributed by atoms with Crippen LogP contribution in [-0.2, 0) is 16.2 Å². The number of sulfonamides is 1. The number of methoxy groups -OCH3 is 1. The van der Waals surface area contributed by atoms with Gasteiger partial charge in [-0.1, -0.05) is 18.2 Å². The molecule has 1 saturated heterocycles. The number of para-hydroxylation sites is 1. The summed E-state index contributed by atoms with van der Waals surface area (Å²) in [7, 11) is -2.19. The minimum atomic E-state index is -4.44. The van der Waals surface area contributed by atoms with Crippen LogP contribution in [0.1, 0.15) is 15.9 Å². The highest BCUT2D eigenvalue weighted by Gasteiger charge is 2.32. The molecule has 3 rings (SSSR count). The van der Waals surface area contributed by atoms with E-state index in [9.17, 15) is 26.4 Å². The third-order valence-corrected chi connectivity index (χ3v) is 7.04. The van der Waals surface area contributed by atoms with Crippen molar-refractivity contribution in [2.45, 2.75) is 6.18 Å². The van der Waals surface area contributed by atoms with Gasteiger partial charge < -0.3 is 15.0 Å². The van der Waals surface area contributed by atoms with Crippen molar-refractivity contribution < 1.29 is 31.1 Å². The molecule has 0 saturated carbocycles. The van der Waals surface area contributed by atoms with Crippen LogP contribution in [-0.4, -0.2) is 64.2 Å². The number of rotatable bonds is 7. The van der Waals surface area contributed by atoms with Crippen LogP contribution in [0.15, 0.2) is 48.5 Å². The monoisotopic (exact) mass is 471 g/mol. The number of carbonyl (C=O) groups is 1. The van der Waals surface area contributed by atoms with Crippen molar-refractivity contribution in [3.63, 3.8) is 0 Å². The molecule has 0 aromatic heterocycles. The Bertz CT molecular complexity index is 1050. The molecule has 0 spiro atoms. The number of hydrogen-bond donors (Lipinski definition) is 1. The van der Waals surface area contributed by atoms with Crippen molar-refractivity contribution in [1.82, 2.24) is 9.62 Å². The first-order chi connectivity index (χ1) is 15.1. The van der Waals surface area contributed by atoms with E-state index >= 15 is 0 Å². The van der Waals surface area contributed by atoms with Gasteiger partial charge in [0.1, 0.15) is 5.75 Å². The molecule has 0 unspecified atom stereocenters. The summed E-state index contributed by atoms with van der Waals surface area (Å²) in [6, 6.07) is 11.6. The predicted octanol–water partition coefficient (Wildman–Crippen LogP) is 2.60. The van der Waals surface area contributed by atoms with E-state index in [1.54, 1.807) is 35.2 Å². The van der Waals surface area contributed by atoms with E-state index in [0.717, 1.165) is 12.1 Å². The minimum Gasteiger partial charge on any atom is -0.496 e. The summed E-state index contributed by atoms with van der Waals surface area (Å²) >= 11 is 0. The predicted molar refractivity (Wildman–Crippen MR) is 114 cm³/mol. The first-order valence-electron chi connectivity index (χ1n) is 9.93. The average Bonchev–Trinajstić information content (AvgIpc) is 2.78. The number of carbonyl (C=O) groups excluding carboxylic acids is 1. The Kier molecular flexibility index (Phi) is 7.29. The van der Waals surface area contributed by atoms with Crippen LogP contribution in [0.3, 0.4) is 0 Å². The fourth-order valence-corrected chi connectivity index (χ4v) is 4.79. The summed E-state index contributed by atoms with van der Waals surface area (Å²) in [5.74, 6) is -0.331. The fourth-order valence-electron chi connectivity index (χ4n) is 3.45. The number of ether oxygens (including phenoxy) is 1. The number of nitrogens with zero attached hydrogens (tertiary/aromatic N) is 2. The second-order valence-corrected chi connectivity index (χ2v) is 9.29. The van der Waals surface area contributed by atoms with Gasteiger partial charge in [0.15, 0.2) is 0 Å². The largest absolute Gasteiger partial charge is 0.496 e. The van der Waals surface area contributed by atoms with E-state index < -0.39 is 27.7 Å². The van der Waals surface area contributed by atoms with Gasteiger partial charge in [-0.2, -0.15) is 17.5 Å². The molecule has 11 heteroatoms. The molecule has 1 amide bonds. The summed E-state index contributed by atoms with van der Waals surface area (Å²) in [6.07, 6.45) is -4.44. The average molecular weight is 472 g/mol. The van der Waals surface area contributed by atoms with Gasteiger partial charge in [0, 0.05) is 38.4 Å². The summed E-state index contributed by atoms with van der Waals surface area (Å²) in [5, 5.41) is 2.58. The van der Waals surface area contributed by atoms with Crippen LogP contribution >= 0.6 is 0 Å². The van der Waals surface area contributed by atoms with Crippen molar-refractivity contribution in [2.75, 3.05) is 50.5 Å². The zero-order chi connectivity index (χ0) is 23.4. The SMILES string of the molecule is COc1ccccc1C(=O)NCCS(=O)(=O)N1CCN(c2cccc(C(F)(F)F)c2)CC1. The van der Waals surface area contributed by atoms with Crippen molar-refractivity contribution in [1.29, 1.82) is 0 Å². The van der Waals surface area contributed by atoms with Crippen LogP contribution in [0, 0.1) is 0 Å². The van der Waals surface area contributed by atoms with Gasteiger partial charge in [-0.25, -0.2) is 8.42 Å². The van der Waals surface area contributed by atoms with Gasteiger partial charge >= 0.3 is 6.18 Å². The molecule has 1 aliphatic heterocycles. The second-order valence-electron chi connectivity index (χ2n) is 7.21. The molecule has 1 N–H and O–H groups in total. The number of amides is 1. The van der Waals surface area contributed by atoms with E-state index in [0.29, 0.717) is 17.0 Å². The normalized spacial score (nSPS) is 15.4. The Labute approximate surface area is 184 Å². The van der Waals surface area contributed by atoms with Crippen LogP contribution in [0.5, 0.6) is 5.75 Å². The summed E-state index contributed by atoms with van der Waals surface area (Å²) < 4.78 is 70.5. The third kappa shape index (κ3) is 5.71. The van der Waals surface area contributed by atoms with Gasteiger partial charge in [0.25, 0.3) is 5.91 Å². The third-order valence-electron chi connectivity index (χ3n) is 5.17. The Balaban J connectivity index is 1.53. The minimum absolute atomic E-state index is 0.0763. The summed E-state index contributed by atoms with van der Waals surface area (Å²) in [6.45, 7) is 0.771. The van der Waals surface area contributed by atoms with Gasteiger partial charge in [0.05, 0.1) is 24.0 Å². The van der Waals surface area contributed by atoms with E-state index in [4.69, 9.17) is 4.74 Å². The van der Waals surface area contributed by atoms with E-state index in [2.05, 4.69) is 5.32 Å². The molecule has 7 nitrogen and oxygen atoms in total. The number of halogens is 3. The highest BCUT2D eigenvalue weighted by atomic mass is 32.2. The molecule has 1 heterocycles. The zero-order valence-electron chi connectivity index (χ0n) is 17.4. The first-order valence-corrected chi connectivity index (χ1v) is 11.5. The van der Waals surface area contributed by atoms with Crippen molar-refractivity contribution in [3.8, 4) is 5.75 Å². The Morgan fingerprint density at radius 2 is 1.75 bits per heavy atom. The second kappa shape index (κ2) is 9.78. The van der Waals surface area contributed by atoms with Gasteiger partial charge in [0.2, 0.25) is 10.0 Å². The van der Waals surface area contributed by atoms with Crippen molar-refractivity contribution >= 4 is 21.6 Å². The molecule has 0 aliphatic carbocycles. The lowest BCUT2D eigenvalue weighted by molar-refractivity contribution is -0.137. The van der Waals surface area contributed by atoms with Crippen molar-refractivity contribution in [2.24, 2.45) is 0 Å². The number of alkyl halides is 3. The number of hydrogen-bond acceptors (Lipinski definition) is 5. The number of anilines is 1. The maximum atomic E-state index is 12.9. The Morgan fingerprint density at radius 3 is 2.41 bits per heavy atom. The molecule has 2 aromatic carbocycles. The quantitative estimate of drug-likeness (QED) is 0.672. The number of benzene rings is 2. The number of piperazine rings is 1. The molecular formula is C21H24F3N3O4S. The molecule has 0 atom stereocenters. The summed E-state index contributed by atoms with van der Waals surface area (Å²) in [5.41, 5.74) is -0.0288. The topological polar surface area (TPSA) is 78.9 Å². The molecule has 32 heavy (non-hydrogen) atoms. The molecule has 1 fully saturated rings. The molecular weight excluding hydrogens is 447 g/mol. The van der Waals surface area contributed by atoms with Crippen LogP contribution < -0.4 is 15.0 Å². The van der Waals surface area contributed by atoms with E-state index in [1.807, 2.05) is 0 Å². The van der Waals surface area contributed by atoms with E-state index in [-0.39, 0.29) is 38.5 Å². The molecule has 0 radical (unpaired) electrons. The Morgan fingerprint density at radius 1 is 1.06 bits per heavy atom. The molecule has 174 valence electrons. The van der Waals surface area contributed by atoms with Crippen LogP contribution in [0.2, 0.25) is 0 Å². The smallest absolute Gasteiger partial charge is 0.416 e. The lowest BCUT2D eigenvalue weighted by Crippen LogP contribution is -2.50. The maximum Gasteiger partial charge on any atom is 0.416 e.